The summed E-state index contributed by atoms with van der Waals surface area (Å²) >= 11 is 0. The fourth-order valence-corrected chi connectivity index (χ4v) is 13.7. The molecule has 0 aromatic rings. The third-order valence-electron chi connectivity index (χ3n) is 3.01. The second kappa shape index (κ2) is 13.8. The molecule has 0 aliphatic carbocycles. The molecule has 0 bridgehead atoms. The summed E-state index contributed by atoms with van der Waals surface area (Å²) in [5, 5.41) is 0. The van der Waals surface area contributed by atoms with Crippen LogP contribution in [-0.2, 0) is 36.7 Å². The number of rotatable bonds is 15. The molecule has 0 fully saturated rings. The van der Waals surface area contributed by atoms with Gasteiger partial charge in [-0.15, -0.1) is 0 Å². The van der Waals surface area contributed by atoms with Crippen LogP contribution in [-0.4, -0.2) is 93.6 Å². The fraction of sp³-hybridized carbons (Fsp3) is 1.00. The molecule has 0 amide bonds. The van der Waals surface area contributed by atoms with Gasteiger partial charge in [-0.1, -0.05) is 0 Å². The van der Waals surface area contributed by atoms with Crippen LogP contribution in [0.15, 0.2) is 0 Å². The summed E-state index contributed by atoms with van der Waals surface area (Å²) < 4.78 is 67.4. The Hall–Kier alpha value is 0.701. The molecule has 26 heavy (non-hydrogen) atoms. The molecule has 0 radical (unpaired) electrons. The fourth-order valence-electron chi connectivity index (χ4n) is 2.49. The van der Waals surface area contributed by atoms with Gasteiger partial charge in [-0.3, -0.25) is 4.55 Å². The molecule has 0 aromatic carbocycles. The normalized spacial score (nSPS) is 13.1. The predicted molar refractivity (Wildman–Crippen MR) is 104 cm³/mol. The van der Waals surface area contributed by atoms with Gasteiger partial charge in [0.15, 0.2) is 0 Å². The average Bonchev–Trinajstić information content (AvgIpc) is 2.47. The van der Waals surface area contributed by atoms with Crippen molar-refractivity contribution in [2.45, 2.75) is 46.0 Å². The van der Waals surface area contributed by atoms with Gasteiger partial charge in [0.25, 0.3) is 10.1 Å². The van der Waals surface area contributed by atoms with Crippen LogP contribution in [0, 0.1) is 0 Å². The van der Waals surface area contributed by atoms with Crippen LogP contribution in [0.5, 0.6) is 0 Å². The van der Waals surface area contributed by atoms with Crippen LogP contribution in [0.4, 0.5) is 0 Å². The molecule has 0 saturated carbocycles. The first-order valence-corrected chi connectivity index (χ1v) is 13.6. The molecule has 0 spiro atoms. The Morgan fingerprint density at radius 1 is 0.654 bits per heavy atom. The van der Waals surface area contributed by atoms with Crippen molar-refractivity contribution in [2.75, 3.05) is 39.6 Å². The summed E-state index contributed by atoms with van der Waals surface area (Å²) in [5.74, 6) is 0. The molecule has 1 N–H and O–H groups in total. The molecule has 0 saturated heterocycles. The Bertz CT molecular complexity index is 406. The Morgan fingerprint density at radius 3 is 0.962 bits per heavy atom. The number of hydrogen-bond acceptors (Lipinski definition) is 8. The Morgan fingerprint density at radius 2 is 0.846 bits per heavy atom. The van der Waals surface area contributed by atoms with E-state index in [1.807, 2.05) is 0 Å². The zero-order chi connectivity index (χ0) is 19.6. The average molecular weight is 429 g/mol. The summed E-state index contributed by atoms with van der Waals surface area (Å²) in [4.78, 5) is 0. The van der Waals surface area contributed by atoms with E-state index in [1.54, 1.807) is 41.5 Å². The van der Waals surface area contributed by atoms with Crippen LogP contribution in [0.1, 0.15) is 41.5 Å². The molecular weight excluding hydrogens is 395 g/mol. The zero-order valence-electron chi connectivity index (χ0n) is 15.9. The quantitative estimate of drug-likeness (QED) is 0.299. The van der Waals surface area contributed by atoms with Gasteiger partial charge in [0.1, 0.15) is 0 Å². The van der Waals surface area contributed by atoms with E-state index in [0.717, 1.165) is 0 Å². The summed E-state index contributed by atoms with van der Waals surface area (Å²) in [5.41, 5.74) is 0. The molecule has 0 aromatic heterocycles. The third-order valence-corrected chi connectivity index (χ3v) is 14.7. The SMILES string of the molecule is CCO[Si](OCC)(OCC)C([Si](OCC)(OCC)OCC)S(=O)(=O)O.[LiH]. The van der Waals surface area contributed by atoms with Gasteiger partial charge in [-0.05, 0) is 41.5 Å². The summed E-state index contributed by atoms with van der Waals surface area (Å²) in [6.07, 6.45) is 0. The van der Waals surface area contributed by atoms with Crippen molar-refractivity contribution in [3.63, 3.8) is 0 Å². The Kier molecular flexibility index (Phi) is 15.4. The molecule has 13 heteroatoms. The van der Waals surface area contributed by atoms with Crippen LogP contribution in [0.2, 0.25) is 0 Å². The van der Waals surface area contributed by atoms with Crippen molar-refractivity contribution in [3.05, 3.63) is 0 Å². The van der Waals surface area contributed by atoms with Crippen molar-refractivity contribution < 1.29 is 39.5 Å². The summed E-state index contributed by atoms with van der Waals surface area (Å²) in [6.45, 7) is 10.9. The Balaban J connectivity index is 0. The molecule has 0 heterocycles. The molecule has 154 valence electrons. The van der Waals surface area contributed by atoms with E-state index in [1.165, 1.54) is 0 Å². The third kappa shape index (κ3) is 7.61. The van der Waals surface area contributed by atoms with Gasteiger partial charge in [0.2, 0.25) is 4.50 Å². The topological polar surface area (TPSA) is 110 Å². The molecule has 0 atom stereocenters. The van der Waals surface area contributed by atoms with E-state index < -0.39 is 32.2 Å². The van der Waals surface area contributed by atoms with Crippen LogP contribution in [0.25, 0.3) is 0 Å². The summed E-state index contributed by atoms with van der Waals surface area (Å²) in [7, 11) is -12.7. The van der Waals surface area contributed by atoms with E-state index in [0.29, 0.717) is 0 Å². The van der Waals surface area contributed by atoms with Gasteiger partial charge in [0, 0.05) is 39.6 Å². The minimum atomic E-state index is -4.74. The zero-order valence-corrected chi connectivity index (χ0v) is 18.8. The molecule has 0 aliphatic rings. The Labute approximate surface area is 171 Å². The van der Waals surface area contributed by atoms with E-state index in [4.69, 9.17) is 26.6 Å². The van der Waals surface area contributed by atoms with Crippen molar-refractivity contribution in [2.24, 2.45) is 0 Å². The van der Waals surface area contributed by atoms with E-state index in [9.17, 15) is 13.0 Å². The first kappa shape index (κ1) is 28.9. The maximum atomic E-state index is 12.4. The van der Waals surface area contributed by atoms with Crippen LogP contribution >= 0.6 is 0 Å². The maximum absolute atomic E-state index is 12.4. The van der Waals surface area contributed by atoms with Gasteiger partial charge in [-0.25, -0.2) is 0 Å². The second-order valence-electron chi connectivity index (χ2n) is 4.70. The van der Waals surface area contributed by atoms with Crippen molar-refractivity contribution >= 4 is 46.6 Å². The summed E-state index contributed by atoms with van der Waals surface area (Å²) in [6, 6.07) is 0. The second-order valence-corrected chi connectivity index (χ2v) is 12.9. The van der Waals surface area contributed by atoms with Crippen molar-refractivity contribution in [3.8, 4) is 0 Å². The first-order valence-electron chi connectivity index (χ1n) is 8.53. The van der Waals surface area contributed by atoms with Gasteiger partial charge >= 0.3 is 36.5 Å². The van der Waals surface area contributed by atoms with Gasteiger partial charge in [-0.2, -0.15) is 8.42 Å². The van der Waals surface area contributed by atoms with E-state index >= 15 is 0 Å². The van der Waals surface area contributed by atoms with Crippen LogP contribution < -0.4 is 0 Å². The van der Waals surface area contributed by atoms with Gasteiger partial charge in [0.05, 0.1) is 0 Å². The monoisotopic (exact) mass is 428 g/mol. The van der Waals surface area contributed by atoms with E-state index in [2.05, 4.69) is 0 Å². The number of hydrogen-bond donors (Lipinski definition) is 1. The molecule has 0 aliphatic heterocycles. The van der Waals surface area contributed by atoms with Crippen molar-refractivity contribution in [1.29, 1.82) is 0 Å². The first-order chi connectivity index (χ1) is 11.7. The molecular formula is C13H33LiO9SSi2. The predicted octanol–water partition coefficient (Wildman–Crippen LogP) is 0.770. The molecule has 0 rings (SSSR count). The van der Waals surface area contributed by atoms with Crippen LogP contribution in [0.3, 0.4) is 0 Å². The van der Waals surface area contributed by atoms with E-state index in [-0.39, 0.29) is 58.5 Å². The molecule has 0 unspecified atom stereocenters. The minimum absolute atomic E-state index is 0. The van der Waals surface area contributed by atoms with Crippen molar-refractivity contribution in [1.82, 2.24) is 0 Å². The standard InChI is InChI=1S/C13H32O9SSi2.Li.H/c1-7-17-24(18-8-2,19-9-3)13(23(14,15)16)25(20-10-4,21-11-5)22-12-6;;/h13H,7-12H2,1-6H3,(H,14,15,16);;. The van der Waals surface area contributed by atoms with Gasteiger partial charge < -0.3 is 26.6 Å². The molecule has 9 nitrogen and oxygen atoms in total.